The van der Waals surface area contributed by atoms with Crippen molar-refractivity contribution in [3.05, 3.63) is 45.0 Å². The minimum atomic E-state index is -0.535. The molecule has 0 atom stereocenters. The second-order valence-electron chi connectivity index (χ2n) is 4.45. The quantitative estimate of drug-likeness (QED) is 0.912. The molecule has 0 bridgehead atoms. The van der Waals surface area contributed by atoms with Crippen LogP contribution < -0.4 is 5.32 Å². The van der Waals surface area contributed by atoms with E-state index in [0.29, 0.717) is 23.2 Å². The Morgan fingerprint density at radius 1 is 1.52 bits per heavy atom. The maximum Gasteiger partial charge on any atom is 0.257 e. The monoisotopic (exact) mass is 327 g/mol. The molecule has 0 unspecified atom stereocenters. The standard InChI is InChI=1S/C14H15ClFN3OS/c1-3-17-13-11(6-9(16)7-18-13)14(20)19(2)8-10-4-5-12(15)21-10/h4-7H,3,8H2,1-2H3,(H,17,18). The maximum absolute atomic E-state index is 13.4. The topological polar surface area (TPSA) is 45.2 Å². The number of hydrogen-bond donors (Lipinski definition) is 1. The highest BCUT2D eigenvalue weighted by Gasteiger charge is 2.18. The van der Waals surface area contributed by atoms with Gasteiger partial charge in [-0.2, -0.15) is 0 Å². The van der Waals surface area contributed by atoms with E-state index >= 15 is 0 Å². The van der Waals surface area contributed by atoms with Crippen molar-refractivity contribution in [2.45, 2.75) is 13.5 Å². The number of anilines is 1. The van der Waals surface area contributed by atoms with Crippen molar-refractivity contribution in [3.63, 3.8) is 0 Å². The molecule has 0 aliphatic heterocycles. The minimum Gasteiger partial charge on any atom is -0.370 e. The van der Waals surface area contributed by atoms with Crippen LogP contribution in [-0.2, 0) is 6.54 Å². The molecule has 2 heterocycles. The number of nitrogens with zero attached hydrogens (tertiary/aromatic N) is 2. The molecule has 7 heteroatoms. The van der Waals surface area contributed by atoms with Crippen LogP contribution in [-0.4, -0.2) is 29.4 Å². The third kappa shape index (κ3) is 3.92. The zero-order valence-corrected chi connectivity index (χ0v) is 13.3. The molecule has 0 aromatic carbocycles. The Labute approximate surface area is 131 Å². The normalized spacial score (nSPS) is 10.5. The average Bonchev–Trinajstić information content (AvgIpc) is 2.85. The Kier molecular flexibility index (Phi) is 5.14. The summed E-state index contributed by atoms with van der Waals surface area (Å²) in [7, 11) is 1.66. The second-order valence-corrected chi connectivity index (χ2v) is 6.25. The van der Waals surface area contributed by atoms with E-state index in [1.165, 1.54) is 22.3 Å². The van der Waals surface area contributed by atoms with Gasteiger partial charge in [0, 0.05) is 18.5 Å². The summed E-state index contributed by atoms with van der Waals surface area (Å²) in [6, 6.07) is 4.85. The van der Waals surface area contributed by atoms with E-state index in [2.05, 4.69) is 10.3 Å². The number of rotatable bonds is 5. The molecule has 0 saturated heterocycles. The third-order valence-corrected chi connectivity index (χ3v) is 4.01. The van der Waals surface area contributed by atoms with Crippen LogP contribution in [0, 0.1) is 5.82 Å². The van der Waals surface area contributed by atoms with Crippen molar-refractivity contribution >= 4 is 34.7 Å². The van der Waals surface area contributed by atoms with Crippen molar-refractivity contribution < 1.29 is 9.18 Å². The number of thiophene rings is 1. The summed E-state index contributed by atoms with van der Waals surface area (Å²) in [6.45, 7) is 2.90. The first kappa shape index (κ1) is 15.7. The van der Waals surface area contributed by atoms with Gasteiger partial charge in [-0.3, -0.25) is 4.79 Å². The summed E-state index contributed by atoms with van der Waals surface area (Å²) < 4.78 is 14.0. The number of halogens is 2. The molecule has 21 heavy (non-hydrogen) atoms. The Bertz CT molecular complexity index is 647. The number of carbonyl (C=O) groups is 1. The van der Waals surface area contributed by atoms with Crippen molar-refractivity contribution in [2.24, 2.45) is 0 Å². The number of aromatic nitrogens is 1. The van der Waals surface area contributed by atoms with Crippen LogP contribution in [0.15, 0.2) is 24.4 Å². The van der Waals surface area contributed by atoms with Crippen LogP contribution >= 0.6 is 22.9 Å². The first-order valence-corrected chi connectivity index (χ1v) is 7.59. The van der Waals surface area contributed by atoms with E-state index in [0.717, 1.165) is 11.1 Å². The molecule has 2 aromatic rings. The summed E-state index contributed by atoms with van der Waals surface area (Å²) in [6.07, 6.45) is 1.09. The molecule has 0 radical (unpaired) electrons. The molecule has 2 rings (SSSR count). The molecule has 112 valence electrons. The van der Waals surface area contributed by atoms with E-state index in [4.69, 9.17) is 11.6 Å². The lowest BCUT2D eigenvalue weighted by atomic mass is 10.2. The summed E-state index contributed by atoms with van der Waals surface area (Å²) in [4.78, 5) is 18.9. The van der Waals surface area contributed by atoms with Gasteiger partial charge in [-0.15, -0.1) is 11.3 Å². The first-order chi connectivity index (χ1) is 10.0. The van der Waals surface area contributed by atoms with Gasteiger partial charge in [-0.25, -0.2) is 9.37 Å². The van der Waals surface area contributed by atoms with Crippen LogP contribution in [0.1, 0.15) is 22.2 Å². The number of carbonyl (C=O) groups excluding carboxylic acids is 1. The highest BCUT2D eigenvalue weighted by Crippen LogP contribution is 2.23. The van der Waals surface area contributed by atoms with Gasteiger partial charge in [-0.1, -0.05) is 11.6 Å². The Morgan fingerprint density at radius 3 is 2.90 bits per heavy atom. The van der Waals surface area contributed by atoms with E-state index in [1.54, 1.807) is 13.1 Å². The average molecular weight is 328 g/mol. The van der Waals surface area contributed by atoms with Crippen LogP contribution in [0.25, 0.3) is 0 Å². The highest BCUT2D eigenvalue weighted by molar-refractivity contribution is 7.16. The molecule has 4 nitrogen and oxygen atoms in total. The SMILES string of the molecule is CCNc1ncc(F)cc1C(=O)N(C)Cc1ccc(Cl)s1. The molecule has 0 saturated carbocycles. The number of hydrogen-bond acceptors (Lipinski definition) is 4. The molecule has 0 aliphatic carbocycles. The van der Waals surface area contributed by atoms with Gasteiger partial charge in [0.1, 0.15) is 11.6 Å². The van der Waals surface area contributed by atoms with Gasteiger partial charge in [-0.05, 0) is 25.1 Å². The molecule has 1 amide bonds. The van der Waals surface area contributed by atoms with Gasteiger partial charge < -0.3 is 10.2 Å². The molecule has 0 spiro atoms. The van der Waals surface area contributed by atoms with Crippen molar-refractivity contribution in [2.75, 3.05) is 18.9 Å². The lowest BCUT2D eigenvalue weighted by Gasteiger charge is -2.18. The number of pyridine rings is 1. The van der Waals surface area contributed by atoms with E-state index in [1.807, 2.05) is 13.0 Å². The third-order valence-electron chi connectivity index (χ3n) is 2.80. The van der Waals surface area contributed by atoms with Gasteiger partial charge in [0.2, 0.25) is 0 Å². The zero-order valence-electron chi connectivity index (χ0n) is 11.7. The van der Waals surface area contributed by atoms with Crippen LogP contribution in [0.3, 0.4) is 0 Å². The molecule has 1 N–H and O–H groups in total. The fourth-order valence-corrected chi connectivity index (χ4v) is 3.00. The second kappa shape index (κ2) is 6.87. The smallest absolute Gasteiger partial charge is 0.257 e. The fourth-order valence-electron chi connectivity index (χ4n) is 1.86. The van der Waals surface area contributed by atoms with E-state index < -0.39 is 5.82 Å². The molecular formula is C14H15ClFN3OS. The molecule has 0 aliphatic rings. The lowest BCUT2D eigenvalue weighted by Crippen LogP contribution is -2.27. The summed E-state index contributed by atoms with van der Waals surface area (Å²) in [5.74, 6) is -0.435. The van der Waals surface area contributed by atoms with Crippen LogP contribution in [0.2, 0.25) is 4.34 Å². The predicted octanol–water partition coefficient (Wildman–Crippen LogP) is 3.64. The molecule has 0 fully saturated rings. The van der Waals surface area contributed by atoms with Gasteiger partial charge in [0.25, 0.3) is 5.91 Å². The summed E-state index contributed by atoms with van der Waals surface area (Å²) in [5, 5.41) is 2.96. The van der Waals surface area contributed by atoms with Crippen LogP contribution in [0.5, 0.6) is 0 Å². The van der Waals surface area contributed by atoms with E-state index in [9.17, 15) is 9.18 Å². The molecular weight excluding hydrogens is 313 g/mol. The van der Waals surface area contributed by atoms with Crippen molar-refractivity contribution in [1.82, 2.24) is 9.88 Å². The summed E-state index contributed by atoms with van der Waals surface area (Å²) >= 11 is 7.29. The fraction of sp³-hybridized carbons (Fsp3) is 0.286. The summed E-state index contributed by atoms with van der Waals surface area (Å²) in [5.41, 5.74) is 0.224. The maximum atomic E-state index is 13.4. The largest absolute Gasteiger partial charge is 0.370 e. The molecule has 2 aromatic heterocycles. The Morgan fingerprint density at radius 2 is 2.29 bits per heavy atom. The number of amides is 1. The van der Waals surface area contributed by atoms with Crippen molar-refractivity contribution in [3.8, 4) is 0 Å². The number of nitrogens with one attached hydrogen (secondary N) is 1. The Hall–Kier alpha value is -1.66. The lowest BCUT2D eigenvalue weighted by molar-refractivity contribution is 0.0786. The van der Waals surface area contributed by atoms with Crippen LogP contribution in [0.4, 0.5) is 10.2 Å². The Balaban J connectivity index is 2.20. The predicted molar refractivity (Wildman–Crippen MR) is 83.5 cm³/mol. The van der Waals surface area contributed by atoms with Gasteiger partial charge in [0.05, 0.1) is 22.6 Å². The highest BCUT2D eigenvalue weighted by atomic mass is 35.5. The first-order valence-electron chi connectivity index (χ1n) is 6.40. The zero-order chi connectivity index (χ0) is 15.4. The van der Waals surface area contributed by atoms with E-state index in [-0.39, 0.29) is 11.5 Å². The van der Waals surface area contributed by atoms with Crippen molar-refractivity contribution in [1.29, 1.82) is 0 Å². The van der Waals surface area contributed by atoms with Gasteiger partial charge in [0.15, 0.2) is 0 Å². The van der Waals surface area contributed by atoms with Gasteiger partial charge >= 0.3 is 0 Å². The minimum absolute atomic E-state index is 0.224.